The van der Waals surface area contributed by atoms with Crippen LogP contribution in [-0.2, 0) is 0 Å². The van der Waals surface area contributed by atoms with Crippen molar-refractivity contribution in [1.29, 1.82) is 0 Å². The van der Waals surface area contributed by atoms with Crippen molar-refractivity contribution in [3.63, 3.8) is 0 Å². The van der Waals surface area contributed by atoms with Crippen molar-refractivity contribution >= 4 is 23.2 Å². The molecule has 96 valence electrons. The van der Waals surface area contributed by atoms with E-state index < -0.39 is 0 Å². The van der Waals surface area contributed by atoms with E-state index in [0.717, 1.165) is 18.6 Å². The van der Waals surface area contributed by atoms with Gasteiger partial charge in [0.1, 0.15) is 0 Å². The number of hydrogen-bond donors (Lipinski definition) is 1. The Morgan fingerprint density at radius 3 is 3.00 bits per heavy atom. The Hall–Kier alpha value is -1.35. The molecule has 0 spiro atoms. The molecule has 1 aliphatic rings. The second-order valence-corrected chi connectivity index (χ2v) is 4.93. The molecular formula is C14H17ClN2O. The predicted octanol–water partition coefficient (Wildman–Crippen LogP) is 3.64. The first-order valence-corrected chi connectivity index (χ1v) is 6.71. The Kier molecular flexibility index (Phi) is 4.37. The zero-order chi connectivity index (χ0) is 13.0. The fourth-order valence-electron chi connectivity index (χ4n) is 2.32. The lowest BCUT2D eigenvalue weighted by Crippen LogP contribution is -2.21. The number of nitrogens with one attached hydrogen (secondary N) is 1. The fraction of sp³-hybridized carbons (Fsp3) is 0.429. The van der Waals surface area contributed by atoms with E-state index in [0.29, 0.717) is 16.5 Å². The molecule has 0 bridgehead atoms. The van der Waals surface area contributed by atoms with Crippen LogP contribution in [0.5, 0.6) is 0 Å². The van der Waals surface area contributed by atoms with E-state index in [4.69, 9.17) is 11.6 Å². The van der Waals surface area contributed by atoms with Crippen LogP contribution >= 0.6 is 11.6 Å². The molecule has 0 saturated heterocycles. The SMILES string of the molecule is CC[C@@H]1CCCC1=NNC(=O)c1ccccc1Cl. The van der Waals surface area contributed by atoms with E-state index in [9.17, 15) is 4.79 Å². The van der Waals surface area contributed by atoms with Gasteiger partial charge in [0, 0.05) is 5.71 Å². The minimum absolute atomic E-state index is 0.241. The molecular weight excluding hydrogens is 248 g/mol. The molecule has 1 aliphatic carbocycles. The molecule has 0 heterocycles. The Balaban J connectivity index is 2.04. The molecule has 1 fully saturated rings. The standard InChI is InChI=1S/C14H17ClN2O/c1-2-10-6-5-9-13(10)16-17-14(18)11-7-3-4-8-12(11)15/h3-4,7-8,10H,2,5-6,9H2,1H3,(H,17,18)/t10-/m1/s1. The summed E-state index contributed by atoms with van der Waals surface area (Å²) in [6.45, 7) is 2.15. The highest BCUT2D eigenvalue weighted by Crippen LogP contribution is 2.25. The van der Waals surface area contributed by atoms with Gasteiger partial charge in [-0.25, -0.2) is 5.43 Å². The van der Waals surface area contributed by atoms with Crippen LogP contribution in [-0.4, -0.2) is 11.6 Å². The zero-order valence-electron chi connectivity index (χ0n) is 10.4. The Morgan fingerprint density at radius 1 is 1.50 bits per heavy atom. The van der Waals surface area contributed by atoms with Crippen LogP contribution in [0.3, 0.4) is 0 Å². The summed E-state index contributed by atoms with van der Waals surface area (Å²) >= 11 is 5.96. The number of amides is 1. The van der Waals surface area contributed by atoms with Crippen LogP contribution in [0.25, 0.3) is 0 Å². The normalized spacial score (nSPS) is 21.2. The fourth-order valence-corrected chi connectivity index (χ4v) is 2.54. The first kappa shape index (κ1) is 13.1. The van der Waals surface area contributed by atoms with Crippen molar-refractivity contribution in [2.45, 2.75) is 32.6 Å². The maximum Gasteiger partial charge on any atom is 0.272 e. The van der Waals surface area contributed by atoms with Crippen molar-refractivity contribution in [2.75, 3.05) is 0 Å². The molecule has 0 aliphatic heterocycles. The summed E-state index contributed by atoms with van der Waals surface area (Å²) in [5.74, 6) is 0.284. The van der Waals surface area contributed by atoms with Crippen LogP contribution in [0.4, 0.5) is 0 Å². The predicted molar refractivity (Wildman–Crippen MR) is 74.0 cm³/mol. The van der Waals surface area contributed by atoms with Crippen LogP contribution in [0.1, 0.15) is 43.0 Å². The lowest BCUT2D eigenvalue weighted by Gasteiger charge is -2.08. The second kappa shape index (κ2) is 6.01. The molecule has 3 nitrogen and oxygen atoms in total. The van der Waals surface area contributed by atoms with Crippen LogP contribution in [0.2, 0.25) is 5.02 Å². The molecule has 0 radical (unpaired) electrons. The number of rotatable bonds is 3. The van der Waals surface area contributed by atoms with Gasteiger partial charge in [-0.1, -0.05) is 30.7 Å². The molecule has 0 aromatic heterocycles. The third kappa shape index (κ3) is 2.91. The molecule has 1 N–H and O–H groups in total. The van der Waals surface area contributed by atoms with Gasteiger partial charge in [-0.05, 0) is 43.7 Å². The Morgan fingerprint density at radius 2 is 2.28 bits per heavy atom. The van der Waals surface area contributed by atoms with E-state index in [-0.39, 0.29) is 5.91 Å². The van der Waals surface area contributed by atoms with Gasteiger partial charge in [-0.2, -0.15) is 5.10 Å². The number of carbonyl (C=O) groups excluding carboxylic acids is 1. The van der Waals surface area contributed by atoms with Crippen LogP contribution in [0.15, 0.2) is 29.4 Å². The highest BCUT2D eigenvalue weighted by atomic mass is 35.5. The largest absolute Gasteiger partial charge is 0.272 e. The topological polar surface area (TPSA) is 41.5 Å². The third-order valence-electron chi connectivity index (χ3n) is 3.37. The molecule has 2 rings (SSSR count). The van der Waals surface area contributed by atoms with Crippen molar-refractivity contribution in [2.24, 2.45) is 11.0 Å². The minimum atomic E-state index is -0.241. The quantitative estimate of drug-likeness (QED) is 0.832. The van der Waals surface area contributed by atoms with Gasteiger partial charge in [0.05, 0.1) is 10.6 Å². The summed E-state index contributed by atoms with van der Waals surface area (Å²) in [7, 11) is 0. The summed E-state index contributed by atoms with van der Waals surface area (Å²) in [5, 5.41) is 4.70. The van der Waals surface area contributed by atoms with Gasteiger partial charge in [-0.3, -0.25) is 4.79 Å². The van der Waals surface area contributed by atoms with Crippen molar-refractivity contribution in [1.82, 2.24) is 5.43 Å². The second-order valence-electron chi connectivity index (χ2n) is 4.52. The average Bonchev–Trinajstić information content (AvgIpc) is 2.84. The molecule has 1 aromatic carbocycles. The Labute approximate surface area is 112 Å². The van der Waals surface area contributed by atoms with Crippen molar-refractivity contribution in [3.8, 4) is 0 Å². The summed E-state index contributed by atoms with van der Waals surface area (Å²) < 4.78 is 0. The molecule has 1 saturated carbocycles. The smallest absolute Gasteiger partial charge is 0.267 e. The van der Waals surface area contributed by atoms with Gasteiger partial charge in [0.2, 0.25) is 0 Å². The maximum atomic E-state index is 11.9. The number of carbonyl (C=O) groups is 1. The molecule has 1 amide bonds. The first-order chi connectivity index (χ1) is 8.72. The number of benzene rings is 1. The van der Waals surface area contributed by atoms with E-state index in [1.54, 1.807) is 24.3 Å². The lowest BCUT2D eigenvalue weighted by molar-refractivity contribution is 0.0954. The van der Waals surface area contributed by atoms with Gasteiger partial charge >= 0.3 is 0 Å². The van der Waals surface area contributed by atoms with Crippen molar-refractivity contribution < 1.29 is 4.79 Å². The summed E-state index contributed by atoms with van der Waals surface area (Å²) in [4.78, 5) is 11.9. The highest BCUT2D eigenvalue weighted by Gasteiger charge is 2.21. The first-order valence-electron chi connectivity index (χ1n) is 6.33. The van der Waals surface area contributed by atoms with Gasteiger partial charge < -0.3 is 0 Å². The molecule has 0 unspecified atom stereocenters. The highest BCUT2D eigenvalue weighted by molar-refractivity contribution is 6.33. The van der Waals surface area contributed by atoms with Gasteiger partial charge in [0.25, 0.3) is 5.91 Å². The lowest BCUT2D eigenvalue weighted by atomic mass is 10.0. The number of halogens is 1. The minimum Gasteiger partial charge on any atom is -0.267 e. The van der Waals surface area contributed by atoms with E-state index >= 15 is 0 Å². The van der Waals surface area contributed by atoms with Crippen LogP contribution < -0.4 is 5.43 Å². The Bertz CT molecular complexity index is 471. The summed E-state index contributed by atoms with van der Waals surface area (Å²) in [5.41, 5.74) is 4.19. The van der Waals surface area contributed by atoms with Crippen molar-refractivity contribution in [3.05, 3.63) is 34.9 Å². The third-order valence-corrected chi connectivity index (χ3v) is 3.70. The number of hydrazone groups is 1. The van der Waals surface area contributed by atoms with E-state index in [2.05, 4.69) is 17.5 Å². The number of hydrogen-bond acceptors (Lipinski definition) is 2. The number of nitrogens with zero attached hydrogens (tertiary/aromatic N) is 1. The van der Waals surface area contributed by atoms with E-state index in [1.165, 1.54) is 12.8 Å². The maximum absolute atomic E-state index is 11.9. The van der Waals surface area contributed by atoms with Gasteiger partial charge in [-0.15, -0.1) is 0 Å². The molecule has 1 aromatic rings. The molecule has 18 heavy (non-hydrogen) atoms. The molecule has 4 heteroatoms. The zero-order valence-corrected chi connectivity index (χ0v) is 11.2. The summed E-state index contributed by atoms with van der Waals surface area (Å²) in [6.07, 6.45) is 4.42. The monoisotopic (exact) mass is 264 g/mol. The van der Waals surface area contributed by atoms with E-state index in [1.807, 2.05) is 0 Å². The molecule has 1 atom stereocenters. The summed E-state index contributed by atoms with van der Waals surface area (Å²) in [6, 6.07) is 6.99. The van der Waals surface area contributed by atoms with Gasteiger partial charge in [0.15, 0.2) is 0 Å². The van der Waals surface area contributed by atoms with Crippen LogP contribution in [0, 0.1) is 5.92 Å². The average molecular weight is 265 g/mol.